The Morgan fingerprint density at radius 2 is 2.35 bits per heavy atom. The lowest BCUT2D eigenvalue weighted by Gasteiger charge is -2.22. The SMILES string of the molecule is O=C(c1ccsc1)C1CCCc2cccnc21. The first-order valence-electron chi connectivity index (χ1n) is 5.86. The van der Waals surface area contributed by atoms with E-state index in [0.29, 0.717) is 0 Å². The van der Waals surface area contributed by atoms with Crippen molar-refractivity contribution in [3.63, 3.8) is 0 Å². The highest BCUT2D eigenvalue weighted by atomic mass is 32.1. The number of aromatic nitrogens is 1. The van der Waals surface area contributed by atoms with Crippen molar-refractivity contribution in [2.24, 2.45) is 0 Å². The van der Waals surface area contributed by atoms with Crippen LogP contribution in [0.15, 0.2) is 35.2 Å². The lowest BCUT2D eigenvalue weighted by atomic mass is 9.82. The third-order valence-electron chi connectivity index (χ3n) is 3.32. The van der Waals surface area contributed by atoms with Crippen molar-refractivity contribution in [3.8, 4) is 0 Å². The van der Waals surface area contributed by atoms with Crippen LogP contribution >= 0.6 is 11.3 Å². The van der Waals surface area contributed by atoms with Crippen LogP contribution in [0.3, 0.4) is 0 Å². The lowest BCUT2D eigenvalue weighted by molar-refractivity contribution is 0.0949. The van der Waals surface area contributed by atoms with Crippen LogP contribution in [-0.2, 0) is 6.42 Å². The van der Waals surface area contributed by atoms with Gasteiger partial charge in [0.2, 0.25) is 0 Å². The fraction of sp³-hybridized carbons (Fsp3) is 0.286. The third kappa shape index (κ3) is 1.91. The number of nitrogens with zero attached hydrogens (tertiary/aromatic N) is 1. The zero-order valence-electron chi connectivity index (χ0n) is 9.43. The Labute approximate surface area is 104 Å². The van der Waals surface area contributed by atoms with Crippen LogP contribution in [0.1, 0.15) is 40.4 Å². The summed E-state index contributed by atoms with van der Waals surface area (Å²) < 4.78 is 0. The van der Waals surface area contributed by atoms with E-state index < -0.39 is 0 Å². The van der Waals surface area contributed by atoms with Crippen LogP contribution in [-0.4, -0.2) is 10.8 Å². The van der Waals surface area contributed by atoms with Gasteiger partial charge in [-0.05, 0) is 42.3 Å². The number of pyridine rings is 1. The molecule has 1 aliphatic rings. The first-order chi connectivity index (χ1) is 8.36. The molecule has 0 fully saturated rings. The molecular formula is C14H13NOS. The summed E-state index contributed by atoms with van der Waals surface area (Å²) in [5, 5.41) is 3.88. The van der Waals surface area contributed by atoms with Gasteiger partial charge in [0.05, 0.1) is 11.6 Å². The van der Waals surface area contributed by atoms with Crippen molar-refractivity contribution in [2.45, 2.75) is 25.2 Å². The Bertz CT molecular complexity index is 533. The molecule has 1 unspecified atom stereocenters. The Morgan fingerprint density at radius 1 is 1.41 bits per heavy atom. The van der Waals surface area contributed by atoms with E-state index in [9.17, 15) is 4.79 Å². The standard InChI is InChI=1S/C14H13NOS/c16-14(11-6-8-17-9-11)12-5-1-3-10-4-2-7-15-13(10)12/h2,4,6-9,12H,1,3,5H2. The summed E-state index contributed by atoms with van der Waals surface area (Å²) in [6, 6.07) is 5.95. The highest BCUT2D eigenvalue weighted by Crippen LogP contribution is 2.32. The zero-order chi connectivity index (χ0) is 11.7. The number of carbonyl (C=O) groups excluding carboxylic acids is 1. The number of aryl methyl sites for hydroxylation is 1. The molecule has 0 N–H and O–H groups in total. The second-order valence-electron chi connectivity index (χ2n) is 4.37. The van der Waals surface area contributed by atoms with E-state index in [0.717, 1.165) is 30.5 Å². The fourth-order valence-corrected chi connectivity index (χ4v) is 3.12. The van der Waals surface area contributed by atoms with Gasteiger partial charge < -0.3 is 0 Å². The Morgan fingerprint density at radius 3 is 3.18 bits per heavy atom. The molecule has 0 radical (unpaired) electrons. The summed E-state index contributed by atoms with van der Waals surface area (Å²) in [5.74, 6) is 0.195. The molecule has 2 aromatic rings. The second kappa shape index (κ2) is 4.41. The molecule has 2 heterocycles. The van der Waals surface area contributed by atoms with Gasteiger partial charge in [-0.2, -0.15) is 11.3 Å². The number of fused-ring (bicyclic) bond motifs is 1. The molecule has 17 heavy (non-hydrogen) atoms. The van der Waals surface area contributed by atoms with Gasteiger partial charge in [0.25, 0.3) is 0 Å². The molecular weight excluding hydrogens is 230 g/mol. The molecule has 0 aromatic carbocycles. The molecule has 1 atom stereocenters. The van der Waals surface area contributed by atoms with Crippen molar-refractivity contribution in [3.05, 3.63) is 52.0 Å². The van der Waals surface area contributed by atoms with E-state index in [1.807, 2.05) is 22.9 Å². The van der Waals surface area contributed by atoms with Crippen molar-refractivity contribution in [1.29, 1.82) is 0 Å². The third-order valence-corrected chi connectivity index (χ3v) is 4.00. The topological polar surface area (TPSA) is 30.0 Å². The number of thiophene rings is 1. The predicted molar refractivity (Wildman–Crippen MR) is 68.6 cm³/mol. The Hall–Kier alpha value is -1.48. The quantitative estimate of drug-likeness (QED) is 0.756. The molecule has 3 rings (SSSR count). The average molecular weight is 243 g/mol. The van der Waals surface area contributed by atoms with E-state index >= 15 is 0 Å². The molecule has 0 spiro atoms. The number of hydrogen-bond donors (Lipinski definition) is 0. The maximum Gasteiger partial charge on any atom is 0.172 e. The van der Waals surface area contributed by atoms with Crippen LogP contribution in [0, 0.1) is 0 Å². The fourth-order valence-electron chi connectivity index (χ4n) is 2.47. The summed E-state index contributed by atoms with van der Waals surface area (Å²) in [6.45, 7) is 0. The minimum absolute atomic E-state index is 0.0328. The van der Waals surface area contributed by atoms with E-state index in [2.05, 4.69) is 11.1 Å². The molecule has 2 nitrogen and oxygen atoms in total. The van der Waals surface area contributed by atoms with Gasteiger partial charge in [0, 0.05) is 17.1 Å². The normalized spacial score (nSPS) is 18.7. The summed E-state index contributed by atoms with van der Waals surface area (Å²) >= 11 is 1.57. The number of carbonyl (C=O) groups is 1. The van der Waals surface area contributed by atoms with E-state index in [1.54, 1.807) is 17.5 Å². The number of hydrogen-bond acceptors (Lipinski definition) is 3. The minimum atomic E-state index is -0.0328. The number of Topliss-reactive ketones (excluding diaryl/α,β-unsaturated/α-hetero) is 1. The second-order valence-corrected chi connectivity index (χ2v) is 5.15. The Balaban J connectivity index is 1.98. The molecule has 3 heteroatoms. The van der Waals surface area contributed by atoms with E-state index in [4.69, 9.17) is 0 Å². The van der Waals surface area contributed by atoms with Gasteiger partial charge >= 0.3 is 0 Å². The van der Waals surface area contributed by atoms with Crippen molar-refractivity contribution >= 4 is 17.1 Å². The summed E-state index contributed by atoms with van der Waals surface area (Å²) in [4.78, 5) is 16.8. The predicted octanol–water partition coefficient (Wildman–Crippen LogP) is 3.45. The van der Waals surface area contributed by atoms with Gasteiger partial charge in [-0.15, -0.1) is 0 Å². The monoisotopic (exact) mass is 243 g/mol. The van der Waals surface area contributed by atoms with Crippen LogP contribution < -0.4 is 0 Å². The van der Waals surface area contributed by atoms with Crippen LogP contribution in [0.25, 0.3) is 0 Å². The van der Waals surface area contributed by atoms with Crippen LogP contribution in [0.5, 0.6) is 0 Å². The summed E-state index contributed by atoms with van der Waals surface area (Å²) in [6.07, 6.45) is 4.85. The van der Waals surface area contributed by atoms with Gasteiger partial charge in [0.1, 0.15) is 0 Å². The molecule has 0 bridgehead atoms. The highest BCUT2D eigenvalue weighted by molar-refractivity contribution is 7.08. The first kappa shape index (κ1) is 10.7. The van der Waals surface area contributed by atoms with Gasteiger partial charge in [-0.1, -0.05) is 6.07 Å². The zero-order valence-corrected chi connectivity index (χ0v) is 10.2. The molecule has 0 amide bonds. The molecule has 0 saturated heterocycles. The molecule has 86 valence electrons. The molecule has 1 aliphatic carbocycles. The van der Waals surface area contributed by atoms with Crippen LogP contribution in [0.2, 0.25) is 0 Å². The summed E-state index contributed by atoms with van der Waals surface area (Å²) in [7, 11) is 0. The molecule has 2 aromatic heterocycles. The van der Waals surface area contributed by atoms with Crippen molar-refractivity contribution in [2.75, 3.05) is 0 Å². The minimum Gasteiger partial charge on any atom is -0.293 e. The van der Waals surface area contributed by atoms with Gasteiger partial charge in [-0.25, -0.2) is 0 Å². The lowest BCUT2D eigenvalue weighted by Crippen LogP contribution is -2.19. The van der Waals surface area contributed by atoms with Crippen molar-refractivity contribution in [1.82, 2.24) is 4.98 Å². The average Bonchev–Trinajstić information content (AvgIpc) is 2.91. The largest absolute Gasteiger partial charge is 0.293 e. The van der Waals surface area contributed by atoms with Gasteiger partial charge in [-0.3, -0.25) is 9.78 Å². The maximum atomic E-state index is 12.4. The van der Waals surface area contributed by atoms with Gasteiger partial charge in [0.15, 0.2) is 5.78 Å². The summed E-state index contributed by atoms with van der Waals surface area (Å²) in [5.41, 5.74) is 3.07. The van der Waals surface area contributed by atoms with Crippen LogP contribution in [0.4, 0.5) is 0 Å². The molecule has 0 aliphatic heterocycles. The number of ketones is 1. The van der Waals surface area contributed by atoms with E-state index in [-0.39, 0.29) is 11.7 Å². The first-order valence-corrected chi connectivity index (χ1v) is 6.81. The maximum absolute atomic E-state index is 12.4. The molecule has 0 saturated carbocycles. The van der Waals surface area contributed by atoms with E-state index in [1.165, 1.54) is 5.56 Å². The number of rotatable bonds is 2. The smallest absolute Gasteiger partial charge is 0.172 e. The Kier molecular flexibility index (Phi) is 2.77. The highest BCUT2D eigenvalue weighted by Gasteiger charge is 2.28. The van der Waals surface area contributed by atoms with Crippen molar-refractivity contribution < 1.29 is 4.79 Å².